The molecular weight excluding hydrogens is 349 g/mol. The van der Waals surface area contributed by atoms with E-state index in [9.17, 15) is 4.79 Å². The van der Waals surface area contributed by atoms with Gasteiger partial charge in [0.15, 0.2) is 13.7 Å². The zero-order valence-electron chi connectivity index (χ0n) is 15.3. The van der Waals surface area contributed by atoms with Gasteiger partial charge >= 0.3 is 0 Å². The number of hydrogen-bond acceptors (Lipinski definition) is 5. The molecule has 28 heavy (non-hydrogen) atoms. The summed E-state index contributed by atoms with van der Waals surface area (Å²) in [5, 5.41) is 0. The van der Waals surface area contributed by atoms with E-state index in [0.717, 1.165) is 22.5 Å². The Morgan fingerprint density at radius 2 is 2.07 bits per heavy atom. The Balaban J connectivity index is 1.67. The Hall–Kier alpha value is -3.66. The van der Waals surface area contributed by atoms with Gasteiger partial charge in [-0.05, 0) is 24.3 Å². The van der Waals surface area contributed by atoms with E-state index in [1.165, 1.54) is 0 Å². The Morgan fingerprint density at radius 3 is 2.82 bits per heavy atom. The third-order valence-electron chi connectivity index (χ3n) is 4.68. The number of pyridine rings is 1. The van der Waals surface area contributed by atoms with Gasteiger partial charge in [0.2, 0.25) is 5.91 Å². The van der Waals surface area contributed by atoms with E-state index in [1.54, 1.807) is 11.9 Å². The van der Waals surface area contributed by atoms with E-state index in [2.05, 4.69) is 33.4 Å². The van der Waals surface area contributed by atoms with E-state index in [4.69, 9.17) is 13.6 Å². The lowest BCUT2D eigenvalue weighted by Gasteiger charge is -2.07. The molecule has 0 aliphatic carbocycles. The first kappa shape index (κ1) is 17.7. The van der Waals surface area contributed by atoms with Crippen LogP contribution in [-0.4, -0.2) is 40.7 Å². The average Bonchev–Trinajstić information content (AvgIpc) is 2.93. The number of hydrogen-bond donors (Lipinski definition) is 1. The Morgan fingerprint density at radius 1 is 1.25 bits per heavy atom. The fourth-order valence-corrected chi connectivity index (χ4v) is 3.11. The largest absolute Gasteiger partial charge is 0.382 e. The number of benzene rings is 1. The number of rotatable bonds is 1. The van der Waals surface area contributed by atoms with Crippen LogP contribution in [0, 0.1) is 17.8 Å². The highest BCUT2D eigenvalue weighted by molar-refractivity contribution is 6.29. The minimum atomic E-state index is -0.345. The predicted molar refractivity (Wildman–Crippen MR) is 109 cm³/mol. The molecule has 0 saturated carbocycles. The first-order valence-corrected chi connectivity index (χ1v) is 8.69. The second kappa shape index (κ2) is 6.82. The molecule has 0 bridgehead atoms. The van der Waals surface area contributed by atoms with Crippen molar-refractivity contribution in [2.24, 2.45) is 5.92 Å². The molecule has 6 nitrogen and oxygen atoms in total. The summed E-state index contributed by atoms with van der Waals surface area (Å²) in [5.74, 6) is 6.03. The van der Waals surface area contributed by atoms with Gasteiger partial charge in [0.25, 0.3) is 0 Å². The summed E-state index contributed by atoms with van der Waals surface area (Å²) in [6.07, 6.45) is 0.566. The molecule has 0 spiro atoms. The third-order valence-corrected chi connectivity index (χ3v) is 4.68. The first-order valence-electron chi connectivity index (χ1n) is 8.69. The summed E-state index contributed by atoms with van der Waals surface area (Å²) in [6, 6.07) is 11.3. The van der Waals surface area contributed by atoms with Gasteiger partial charge in [-0.25, -0.2) is 15.0 Å². The number of fused-ring (bicyclic) bond motifs is 1. The summed E-state index contributed by atoms with van der Waals surface area (Å²) in [5.41, 5.74) is 10.3. The number of likely N-dealkylation sites (tertiary alicyclic amines) is 1. The SMILES string of the molecule is [B]c1nc(N)c2nc(-c3cccc(C#C[C@H]4CC(=C)N(C)C4=O)c3)ccc2n1. The lowest BCUT2D eigenvalue weighted by Crippen LogP contribution is -2.20. The Kier molecular flexibility index (Phi) is 4.32. The number of nitrogen functional groups attached to an aromatic ring is 1. The average molecular weight is 365 g/mol. The van der Waals surface area contributed by atoms with Crippen molar-refractivity contribution in [3.05, 3.63) is 54.2 Å². The van der Waals surface area contributed by atoms with Gasteiger partial charge in [0, 0.05) is 30.3 Å². The van der Waals surface area contributed by atoms with Crippen molar-refractivity contribution in [2.75, 3.05) is 12.8 Å². The normalized spacial score (nSPS) is 16.3. The molecule has 2 aromatic heterocycles. The lowest BCUT2D eigenvalue weighted by atomic mass is 10.0. The molecule has 3 heterocycles. The molecule has 1 amide bonds. The van der Waals surface area contributed by atoms with Crippen molar-refractivity contribution in [1.29, 1.82) is 0 Å². The molecule has 1 saturated heterocycles. The number of carbonyl (C=O) groups excluding carboxylic acids is 1. The molecule has 1 atom stereocenters. The summed E-state index contributed by atoms with van der Waals surface area (Å²) in [7, 11) is 7.35. The van der Waals surface area contributed by atoms with Gasteiger partial charge in [-0.2, -0.15) is 0 Å². The number of aromatic nitrogens is 3. The van der Waals surface area contributed by atoms with Crippen molar-refractivity contribution < 1.29 is 4.79 Å². The van der Waals surface area contributed by atoms with E-state index >= 15 is 0 Å². The quantitative estimate of drug-likeness (QED) is 0.521. The molecule has 7 heteroatoms. The Bertz CT molecular complexity index is 1190. The van der Waals surface area contributed by atoms with Crippen LogP contribution in [0.25, 0.3) is 22.3 Å². The molecule has 3 aromatic rings. The Labute approximate surface area is 163 Å². The highest BCUT2D eigenvalue weighted by Crippen LogP contribution is 2.25. The van der Waals surface area contributed by atoms with Crippen molar-refractivity contribution in [3.8, 4) is 23.1 Å². The van der Waals surface area contributed by atoms with E-state index in [1.807, 2.05) is 36.4 Å². The van der Waals surface area contributed by atoms with Gasteiger partial charge in [-0.15, -0.1) is 0 Å². The van der Waals surface area contributed by atoms with Crippen LogP contribution in [-0.2, 0) is 4.79 Å². The van der Waals surface area contributed by atoms with Crippen molar-refractivity contribution in [3.63, 3.8) is 0 Å². The second-order valence-electron chi connectivity index (χ2n) is 6.60. The van der Waals surface area contributed by atoms with E-state index in [0.29, 0.717) is 17.5 Å². The van der Waals surface area contributed by atoms with Crippen molar-refractivity contribution >= 4 is 36.3 Å². The summed E-state index contributed by atoms with van der Waals surface area (Å²) < 4.78 is 0. The maximum atomic E-state index is 12.1. The number of anilines is 1. The highest BCUT2D eigenvalue weighted by Gasteiger charge is 2.30. The monoisotopic (exact) mass is 365 g/mol. The highest BCUT2D eigenvalue weighted by atomic mass is 16.2. The maximum absolute atomic E-state index is 12.1. The second-order valence-corrected chi connectivity index (χ2v) is 6.60. The molecule has 1 aromatic carbocycles. The van der Waals surface area contributed by atoms with Gasteiger partial charge in [-0.3, -0.25) is 4.79 Å². The first-order chi connectivity index (χ1) is 13.4. The minimum Gasteiger partial charge on any atom is -0.382 e. The molecule has 1 aliphatic rings. The topological polar surface area (TPSA) is 85.0 Å². The molecule has 4 rings (SSSR count). The number of nitrogens with zero attached hydrogens (tertiary/aromatic N) is 4. The summed E-state index contributed by atoms with van der Waals surface area (Å²) in [6.45, 7) is 3.88. The molecular formula is C21H16BN5O. The zero-order valence-corrected chi connectivity index (χ0v) is 15.3. The number of nitrogens with two attached hydrogens (primary N) is 1. The zero-order chi connectivity index (χ0) is 19.8. The van der Waals surface area contributed by atoms with Crippen LogP contribution >= 0.6 is 0 Å². The van der Waals surface area contributed by atoms with Crippen LogP contribution in [0.5, 0.6) is 0 Å². The fraction of sp³-hybridized carbons (Fsp3) is 0.143. The molecule has 1 fully saturated rings. The number of amides is 1. The summed E-state index contributed by atoms with van der Waals surface area (Å²) in [4.78, 5) is 26.4. The number of allylic oxidation sites excluding steroid dienone is 1. The van der Waals surface area contributed by atoms with Crippen LogP contribution in [0.4, 0.5) is 5.82 Å². The smallest absolute Gasteiger partial charge is 0.242 e. The van der Waals surface area contributed by atoms with Crippen LogP contribution in [0.1, 0.15) is 12.0 Å². The maximum Gasteiger partial charge on any atom is 0.242 e. The molecule has 0 unspecified atom stereocenters. The third kappa shape index (κ3) is 3.21. The van der Waals surface area contributed by atoms with Crippen LogP contribution < -0.4 is 11.5 Å². The van der Waals surface area contributed by atoms with Gasteiger partial charge in [0.1, 0.15) is 11.4 Å². The van der Waals surface area contributed by atoms with Gasteiger partial charge in [-0.1, -0.05) is 30.6 Å². The predicted octanol–water partition coefficient (Wildman–Crippen LogP) is 1.41. The van der Waals surface area contributed by atoms with Crippen LogP contribution in [0.15, 0.2) is 48.7 Å². The van der Waals surface area contributed by atoms with Gasteiger partial charge < -0.3 is 10.6 Å². The molecule has 134 valence electrons. The fourth-order valence-electron chi connectivity index (χ4n) is 3.11. The lowest BCUT2D eigenvalue weighted by molar-refractivity contribution is -0.127. The molecule has 2 radical (unpaired) electrons. The van der Waals surface area contributed by atoms with Crippen molar-refractivity contribution in [2.45, 2.75) is 6.42 Å². The van der Waals surface area contributed by atoms with Gasteiger partial charge in [0.05, 0.1) is 16.9 Å². The molecule has 1 aliphatic heterocycles. The van der Waals surface area contributed by atoms with E-state index in [-0.39, 0.29) is 23.4 Å². The number of carbonyl (C=O) groups is 1. The summed E-state index contributed by atoms with van der Waals surface area (Å²) >= 11 is 0. The van der Waals surface area contributed by atoms with Crippen molar-refractivity contribution in [1.82, 2.24) is 19.9 Å². The molecule has 2 N–H and O–H groups in total. The van der Waals surface area contributed by atoms with Crippen LogP contribution in [0.2, 0.25) is 0 Å². The minimum absolute atomic E-state index is 0.0143. The van der Waals surface area contributed by atoms with E-state index < -0.39 is 0 Å². The van der Waals surface area contributed by atoms with Crippen LogP contribution in [0.3, 0.4) is 0 Å². The standard InChI is InChI=1S/C21H16BN5O/c1-12-10-15(20(28)27(12)2)7-6-13-4-3-5-14(11-13)16-8-9-17-18(24-16)19(23)26-21(22)25-17/h3-5,8-9,11,15H,1,10H2,2H3,(H2,23,25,26)/t15-/m0/s1.